The number of aliphatic hydroxyl groups is 1. The predicted octanol–water partition coefficient (Wildman–Crippen LogP) is 0.217. The maximum atomic E-state index is 11.5. The van der Waals surface area contributed by atoms with Gasteiger partial charge in [-0.05, 0) is 13.0 Å². The Morgan fingerprint density at radius 1 is 1.40 bits per heavy atom. The third-order valence-corrected chi connectivity index (χ3v) is 5.44. The summed E-state index contributed by atoms with van der Waals surface area (Å²) < 4.78 is 32.0. The fraction of sp³-hybridized carbons (Fsp3) is 0.750. The van der Waals surface area contributed by atoms with Crippen molar-refractivity contribution in [2.24, 2.45) is 5.73 Å². The Morgan fingerprint density at radius 2 is 1.85 bits per heavy atom. The maximum absolute atomic E-state index is 11.5. The average Bonchev–Trinajstić information content (AvgIpc) is 2.32. The molecule has 2 unspecified atom stereocenters. The molecule has 0 saturated carbocycles. The molecule has 0 aliphatic carbocycles. The van der Waals surface area contributed by atoms with Gasteiger partial charge in [0.1, 0.15) is 6.04 Å². The van der Waals surface area contributed by atoms with Crippen molar-refractivity contribution in [3.8, 4) is 0 Å². The van der Waals surface area contributed by atoms with Crippen LogP contribution in [-0.2, 0) is 14.9 Å². The van der Waals surface area contributed by atoms with Crippen LogP contribution in [-0.4, -0.2) is 53.7 Å². The Bertz CT molecular complexity index is 498. The number of hydrogen-bond donors (Lipinski definition) is 3. The molecule has 0 aromatic rings. The van der Waals surface area contributed by atoms with Gasteiger partial charge in [0.05, 0.1) is 14.1 Å². The summed E-state index contributed by atoms with van der Waals surface area (Å²) in [6, 6.07) is -0.505. The molecule has 2 atom stereocenters. The Balaban J connectivity index is 5.91. The normalized spacial score (nSPS) is 18.4. The number of hydrogen-bond acceptors (Lipinski definition) is 4. The monoisotopic (exact) mass is 309 g/mol. The minimum Gasteiger partial charge on any atom is -0.366 e. The standard InChI is InChI=1S/C12H24N2O5S/c1-6-10(8-9(3)11(13)15)14(4,5)12(16,7-2)20(17,18)19/h8,10,16H,6-7H2,1-5H3,(H2-,13,15,17,18,19)/p+1. The van der Waals surface area contributed by atoms with Gasteiger partial charge in [0.2, 0.25) is 5.91 Å². The van der Waals surface area contributed by atoms with Gasteiger partial charge in [-0.25, -0.2) is 0 Å². The number of quaternary nitrogens is 1. The summed E-state index contributed by atoms with van der Waals surface area (Å²) in [5, 5.41) is 8.07. The van der Waals surface area contributed by atoms with Gasteiger partial charge < -0.3 is 10.8 Å². The van der Waals surface area contributed by atoms with Gasteiger partial charge in [-0.2, -0.15) is 8.42 Å². The quantitative estimate of drug-likeness (QED) is 0.269. The Labute approximate surface area is 120 Å². The Morgan fingerprint density at radius 3 is 2.10 bits per heavy atom. The lowest BCUT2D eigenvalue weighted by Gasteiger charge is -2.46. The number of nitrogens with two attached hydrogens (primary N) is 1. The molecule has 0 radical (unpaired) electrons. The second-order valence-electron chi connectivity index (χ2n) is 5.30. The molecule has 0 bridgehead atoms. The molecule has 8 heteroatoms. The van der Waals surface area contributed by atoms with Gasteiger partial charge in [-0.3, -0.25) is 13.8 Å². The molecule has 20 heavy (non-hydrogen) atoms. The van der Waals surface area contributed by atoms with Crippen molar-refractivity contribution in [2.75, 3.05) is 14.1 Å². The minimum atomic E-state index is -4.70. The summed E-state index contributed by atoms with van der Waals surface area (Å²) in [5.74, 6) is -0.615. The van der Waals surface area contributed by atoms with Crippen LogP contribution in [0, 0.1) is 0 Å². The third-order valence-electron chi connectivity index (χ3n) is 3.85. The number of likely N-dealkylation sites (N-methyl/N-ethyl adjacent to an activating group) is 1. The molecule has 0 saturated heterocycles. The van der Waals surface area contributed by atoms with Gasteiger partial charge >= 0.3 is 15.2 Å². The first-order chi connectivity index (χ1) is 8.85. The first-order valence-electron chi connectivity index (χ1n) is 6.36. The van der Waals surface area contributed by atoms with Crippen LogP contribution in [0.3, 0.4) is 0 Å². The van der Waals surface area contributed by atoms with Crippen molar-refractivity contribution in [3.05, 3.63) is 11.6 Å². The van der Waals surface area contributed by atoms with Crippen LogP contribution < -0.4 is 5.73 Å². The van der Waals surface area contributed by atoms with Crippen molar-refractivity contribution in [1.82, 2.24) is 0 Å². The van der Waals surface area contributed by atoms with Crippen molar-refractivity contribution in [1.29, 1.82) is 0 Å². The molecule has 7 nitrogen and oxygen atoms in total. The highest BCUT2D eigenvalue weighted by Crippen LogP contribution is 2.32. The van der Waals surface area contributed by atoms with Gasteiger partial charge in [0, 0.05) is 18.4 Å². The molecule has 4 N–H and O–H groups in total. The summed E-state index contributed by atoms with van der Waals surface area (Å²) in [7, 11) is -1.74. The van der Waals surface area contributed by atoms with E-state index in [9.17, 15) is 22.9 Å². The van der Waals surface area contributed by atoms with Crippen LogP contribution in [0.25, 0.3) is 0 Å². The lowest BCUT2D eigenvalue weighted by molar-refractivity contribution is -0.966. The first-order valence-corrected chi connectivity index (χ1v) is 7.80. The zero-order valence-corrected chi connectivity index (χ0v) is 13.4. The number of carbonyl (C=O) groups is 1. The van der Waals surface area contributed by atoms with Crippen LogP contribution >= 0.6 is 0 Å². The zero-order valence-electron chi connectivity index (χ0n) is 12.6. The summed E-state index contributed by atoms with van der Waals surface area (Å²) in [6.45, 7) is 4.77. The third kappa shape index (κ3) is 3.38. The summed E-state index contributed by atoms with van der Waals surface area (Å²) >= 11 is 0. The maximum Gasteiger partial charge on any atom is 0.350 e. The van der Waals surface area contributed by atoms with E-state index in [1.54, 1.807) is 6.92 Å². The Hall–Kier alpha value is -0.960. The van der Waals surface area contributed by atoms with Crippen LogP contribution in [0.2, 0.25) is 0 Å². The fourth-order valence-electron chi connectivity index (χ4n) is 2.28. The lowest BCUT2D eigenvalue weighted by atomic mass is 10.1. The summed E-state index contributed by atoms with van der Waals surface area (Å²) in [6.07, 6.45) is 1.78. The number of carbonyl (C=O) groups excluding carboxylic acids is 1. The van der Waals surface area contributed by atoms with E-state index in [0.29, 0.717) is 6.42 Å². The second kappa shape index (κ2) is 6.21. The second-order valence-corrected chi connectivity index (χ2v) is 6.91. The van der Waals surface area contributed by atoms with Gasteiger partial charge in [0.15, 0.2) is 0 Å². The summed E-state index contributed by atoms with van der Waals surface area (Å²) in [5.41, 5.74) is 5.44. The Kier molecular flexibility index (Phi) is 5.91. The molecule has 0 aromatic heterocycles. The van der Waals surface area contributed by atoms with Crippen molar-refractivity contribution >= 4 is 16.0 Å². The van der Waals surface area contributed by atoms with Gasteiger partial charge in [-0.1, -0.05) is 13.8 Å². The van der Waals surface area contributed by atoms with Crippen molar-refractivity contribution in [3.63, 3.8) is 0 Å². The number of primary amides is 1. The smallest absolute Gasteiger partial charge is 0.350 e. The van der Waals surface area contributed by atoms with E-state index in [1.807, 2.05) is 0 Å². The van der Waals surface area contributed by atoms with Crippen molar-refractivity contribution in [2.45, 2.75) is 44.7 Å². The average molecular weight is 309 g/mol. The molecule has 0 spiro atoms. The first kappa shape index (κ1) is 19.0. The topological polar surface area (TPSA) is 118 Å². The number of amides is 1. The number of rotatable bonds is 7. The van der Waals surface area contributed by atoms with E-state index < -0.39 is 31.6 Å². The fourth-order valence-corrected chi connectivity index (χ4v) is 3.37. The molecule has 0 fully saturated rings. The van der Waals surface area contributed by atoms with Crippen LogP contribution in [0.5, 0.6) is 0 Å². The van der Waals surface area contributed by atoms with E-state index in [4.69, 9.17) is 5.73 Å². The zero-order chi connectivity index (χ0) is 16.4. The van der Waals surface area contributed by atoms with E-state index in [-0.39, 0.29) is 12.0 Å². The largest absolute Gasteiger partial charge is 0.366 e. The molecule has 118 valence electrons. The van der Waals surface area contributed by atoms with E-state index >= 15 is 0 Å². The van der Waals surface area contributed by atoms with Crippen LogP contribution in [0.15, 0.2) is 11.6 Å². The van der Waals surface area contributed by atoms with E-state index in [0.717, 1.165) is 0 Å². The molecule has 0 rings (SSSR count). The highest BCUT2D eigenvalue weighted by molar-refractivity contribution is 7.86. The SMILES string of the molecule is CCC(C=C(C)C(N)=O)[N+](C)(C)C(O)(CC)S(=O)(=O)O. The molecular formula is C12H25N2O5S+. The molecule has 0 heterocycles. The van der Waals surface area contributed by atoms with E-state index in [2.05, 4.69) is 0 Å². The lowest BCUT2D eigenvalue weighted by Crippen LogP contribution is -2.67. The number of nitrogens with zero attached hydrogens (tertiary/aromatic N) is 1. The van der Waals surface area contributed by atoms with Crippen LogP contribution in [0.4, 0.5) is 0 Å². The molecule has 0 aromatic carbocycles. The highest BCUT2D eigenvalue weighted by Gasteiger charge is 2.56. The molecule has 1 amide bonds. The van der Waals surface area contributed by atoms with E-state index in [1.165, 1.54) is 34.0 Å². The van der Waals surface area contributed by atoms with Gasteiger partial charge in [-0.15, -0.1) is 0 Å². The predicted molar refractivity (Wildman–Crippen MR) is 75.9 cm³/mol. The molecule has 0 aliphatic heterocycles. The van der Waals surface area contributed by atoms with Crippen LogP contribution in [0.1, 0.15) is 33.6 Å². The van der Waals surface area contributed by atoms with Gasteiger partial charge in [0.25, 0.3) is 0 Å². The minimum absolute atomic E-state index is 0.196. The molecule has 0 aliphatic rings. The van der Waals surface area contributed by atoms with Crippen molar-refractivity contribution < 1.29 is 27.4 Å². The highest BCUT2D eigenvalue weighted by atomic mass is 32.2. The molecular weight excluding hydrogens is 284 g/mol. The summed E-state index contributed by atoms with van der Waals surface area (Å²) in [4.78, 5) is 11.1.